The lowest BCUT2D eigenvalue weighted by molar-refractivity contribution is 0.131. The predicted molar refractivity (Wildman–Crippen MR) is 80.6 cm³/mol. The molecule has 0 fully saturated rings. The average molecular weight is 307 g/mol. The molecule has 110 valence electrons. The summed E-state index contributed by atoms with van der Waals surface area (Å²) in [6, 6.07) is 7.60. The first-order valence-electron chi connectivity index (χ1n) is 6.20. The number of rotatable bonds is 4. The summed E-state index contributed by atoms with van der Waals surface area (Å²) in [5, 5.41) is 3.55. The number of carbonyl (C=O) groups excluding carboxylic acids is 1. The average Bonchev–Trinajstić information content (AvgIpc) is 2.50. The Kier molecular flexibility index (Phi) is 4.94. The Morgan fingerprint density at radius 1 is 1.38 bits per heavy atom. The highest BCUT2D eigenvalue weighted by molar-refractivity contribution is 6.32. The molecule has 1 N–H and O–H groups in total. The van der Waals surface area contributed by atoms with Gasteiger partial charge in [-0.2, -0.15) is 0 Å². The number of nitrogens with one attached hydrogen (secondary N) is 1. The first-order chi connectivity index (χ1) is 10.1. The molecule has 0 bridgehead atoms. The van der Waals surface area contributed by atoms with Crippen LogP contribution in [0.2, 0.25) is 5.02 Å². The number of benzene rings is 1. The highest BCUT2D eigenvalue weighted by Gasteiger charge is 2.08. The molecule has 0 radical (unpaired) electrons. The summed E-state index contributed by atoms with van der Waals surface area (Å²) in [5.74, 6) is 0.547. The van der Waals surface area contributed by atoms with Gasteiger partial charge in [0.15, 0.2) is 5.82 Å². The molecule has 0 aliphatic rings. The number of anilines is 2. The second-order valence-electron chi connectivity index (χ2n) is 4.37. The molecule has 0 saturated heterocycles. The van der Waals surface area contributed by atoms with Crippen molar-refractivity contribution in [3.8, 4) is 0 Å². The number of halogens is 1. The van der Waals surface area contributed by atoms with E-state index in [9.17, 15) is 4.79 Å². The number of aromatic nitrogens is 2. The fourth-order valence-electron chi connectivity index (χ4n) is 1.73. The summed E-state index contributed by atoms with van der Waals surface area (Å²) < 4.78 is 4.65. The molecule has 0 spiro atoms. The van der Waals surface area contributed by atoms with Crippen LogP contribution in [0, 0.1) is 0 Å². The van der Waals surface area contributed by atoms with E-state index >= 15 is 0 Å². The van der Waals surface area contributed by atoms with Crippen LogP contribution in [0.1, 0.15) is 5.56 Å². The fourth-order valence-corrected chi connectivity index (χ4v) is 1.88. The van der Waals surface area contributed by atoms with E-state index in [0.29, 0.717) is 17.4 Å². The van der Waals surface area contributed by atoms with Gasteiger partial charge < -0.3 is 15.0 Å². The number of methoxy groups -OCH3 is 1. The Morgan fingerprint density at radius 2 is 2.10 bits per heavy atom. The maximum absolute atomic E-state index is 11.3. The maximum atomic E-state index is 11.3. The van der Waals surface area contributed by atoms with Gasteiger partial charge in [0.2, 0.25) is 0 Å². The molecule has 0 unspecified atom stereocenters. The molecule has 0 aliphatic carbocycles. The van der Waals surface area contributed by atoms with Crippen molar-refractivity contribution in [2.24, 2.45) is 0 Å². The molecule has 0 saturated carbocycles. The summed E-state index contributed by atoms with van der Waals surface area (Å²) >= 11 is 5.98. The molecular weight excluding hydrogens is 292 g/mol. The van der Waals surface area contributed by atoms with Crippen LogP contribution >= 0.6 is 11.6 Å². The number of hydrogen-bond donors (Lipinski definition) is 1. The summed E-state index contributed by atoms with van der Waals surface area (Å²) in [4.78, 5) is 20.7. The third-order valence-corrected chi connectivity index (χ3v) is 3.07. The lowest BCUT2D eigenvalue weighted by Crippen LogP contribution is -2.25. The van der Waals surface area contributed by atoms with E-state index < -0.39 is 0 Å². The van der Waals surface area contributed by atoms with Crippen LogP contribution in [0.25, 0.3) is 0 Å². The van der Waals surface area contributed by atoms with Gasteiger partial charge in [-0.05, 0) is 17.7 Å². The van der Waals surface area contributed by atoms with Crippen molar-refractivity contribution >= 4 is 29.2 Å². The van der Waals surface area contributed by atoms with Crippen LogP contribution in [-0.2, 0) is 11.3 Å². The largest absolute Gasteiger partial charge is 0.453 e. The number of amides is 1. The number of ether oxygens (including phenoxy) is 1. The van der Waals surface area contributed by atoms with E-state index in [1.165, 1.54) is 24.5 Å². The second-order valence-corrected chi connectivity index (χ2v) is 4.77. The molecule has 6 nitrogen and oxygen atoms in total. The molecule has 7 heteroatoms. The monoisotopic (exact) mass is 306 g/mol. The molecule has 2 aromatic rings. The van der Waals surface area contributed by atoms with Crippen molar-refractivity contribution in [3.63, 3.8) is 0 Å². The van der Waals surface area contributed by atoms with Crippen molar-refractivity contribution in [2.75, 3.05) is 19.5 Å². The third-order valence-electron chi connectivity index (χ3n) is 2.79. The molecule has 0 aliphatic heterocycles. The molecule has 1 heterocycles. The van der Waals surface area contributed by atoms with Crippen molar-refractivity contribution in [1.82, 2.24) is 14.9 Å². The topological polar surface area (TPSA) is 67.3 Å². The van der Waals surface area contributed by atoms with E-state index in [1.807, 2.05) is 24.3 Å². The number of nitrogens with zero attached hydrogens (tertiary/aromatic N) is 3. The zero-order valence-corrected chi connectivity index (χ0v) is 12.5. The van der Waals surface area contributed by atoms with Crippen LogP contribution in [0.4, 0.5) is 16.3 Å². The fraction of sp³-hybridized carbons (Fsp3) is 0.214. The Labute approximate surface area is 127 Å². The Bertz CT molecular complexity index is 619. The van der Waals surface area contributed by atoms with Crippen molar-refractivity contribution < 1.29 is 9.53 Å². The van der Waals surface area contributed by atoms with Gasteiger partial charge in [-0.25, -0.2) is 14.8 Å². The van der Waals surface area contributed by atoms with Crippen LogP contribution in [0.15, 0.2) is 36.8 Å². The minimum Gasteiger partial charge on any atom is -0.453 e. The molecule has 2 rings (SSSR count). The predicted octanol–water partition coefficient (Wildman–Crippen LogP) is 3.07. The normalized spacial score (nSPS) is 10.0. The van der Waals surface area contributed by atoms with E-state index in [2.05, 4.69) is 20.0 Å². The van der Waals surface area contributed by atoms with Crippen LogP contribution < -0.4 is 5.32 Å². The maximum Gasteiger partial charge on any atom is 0.409 e. The molecule has 1 amide bonds. The third kappa shape index (κ3) is 4.06. The van der Waals surface area contributed by atoms with Gasteiger partial charge in [-0.1, -0.05) is 23.7 Å². The Morgan fingerprint density at radius 3 is 2.71 bits per heavy atom. The van der Waals surface area contributed by atoms with Crippen LogP contribution in [-0.4, -0.2) is 35.1 Å². The zero-order chi connectivity index (χ0) is 15.2. The first kappa shape index (κ1) is 15.1. The van der Waals surface area contributed by atoms with Crippen molar-refractivity contribution in [2.45, 2.75) is 6.54 Å². The molecule has 0 atom stereocenters. The SMILES string of the molecule is COC(=O)N(C)Cc1ccc(Nc2ncncc2Cl)cc1. The van der Waals surface area contributed by atoms with E-state index in [1.54, 1.807) is 7.05 Å². The lowest BCUT2D eigenvalue weighted by Gasteiger charge is -2.15. The van der Waals surface area contributed by atoms with Crippen LogP contribution in [0.5, 0.6) is 0 Å². The molecular formula is C14H15ClN4O2. The second kappa shape index (κ2) is 6.90. The highest BCUT2D eigenvalue weighted by atomic mass is 35.5. The summed E-state index contributed by atoms with van der Waals surface area (Å²) in [6.07, 6.45) is 2.58. The van der Waals surface area contributed by atoms with Gasteiger partial charge in [-0.15, -0.1) is 0 Å². The number of hydrogen-bond acceptors (Lipinski definition) is 5. The zero-order valence-electron chi connectivity index (χ0n) is 11.7. The van der Waals surface area contributed by atoms with Crippen molar-refractivity contribution in [1.29, 1.82) is 0 Å². The summed E-state index contributed by atoms with van der Waals surface area (Å²) in [5.41, 5.74) is 1.84. The van der Waals surface area contributed by atoms with E-state index in [0.717, 1.165) is 11.3 Å². The van der Waals surface area contributed by atoms with Crippen LogP contribution in [0.3, 0.4) is 0 Å². The number of carbonyl (C=O) groups is 1. The Balaban J connectivity index is 2.02. The van der Waals surface area contributed by atoms with E-state index in [-0.39, 0.29) is 6.09 Å². The van der Waals surface area contributed by atoms with Gasteiger partial charge in [-0.3, -0.25) is 0 Å². The van der Waals surface area contributed by atoms with Gasteiger partial charge in [0, 0.05) is 19.3 Å². The van der Waals surface area contributed by atoms with Gasteiger partial charge >= 0.3 is 6.09 Å². The summed E-state index contributed by atoms with van der Waals surface area (Å²) in [6.45, 7) is 0.473. The standard InChI is InChI=1S/C14H15ClN4O2/c1-19(14(20)21-2)8-10-3-5-11(6-4-10)18-13-12(15)7-16-9-17-13/h3-7,9H,8H2,1-2H3,(H,16,17,18). The van der Waals surface area contributed by atoms with Gasteiger partial charge in [0.05, 0.1) is 13.3 Å². The minimum atomic E-state index is -0.370. The van der Waals surface area contributed by atoms with Crippen molar-refractivity contribution in [3.05, 3.63) is 47.4 Å². The lowest BCUT2D eigenvalue weighted by atomic mass is 10.2. The minimum absolute atomic E-state index is 0.370. The van der Waals surface area contributed by atoms with E-state index in [4.69, 9.17) is 11.6 Å². The smallest absolute Gasteiger partial charge is 0.409 e. The first-order valence-corrected chi connectivity index (χ1v) is 6.58. The molecule has 1 aromatic carbocycles. The Hall–Kier alpha value is -2.34. The molecule has 1 aromatic heterocycles. The molecule has 21 heavy (non-hydrogen) atoms. The van der Waals surface area contributed by atoms with Gasteiger partial charge in [0.1, 0.15) is 11.3 Å². The van der Waals surface area contributed by atoms with Gasteiger partial charge in [0.25, 0.3) is 0 Å². The summed E-state index contributed by atoms with van der Waals surface area (Å²) in [7, 11) is 3.04. The quantitative estimate of drug-likeness (QED) is 0.940. The highest BCUT2D eigenvalue weighted by Crippen LogP contribution is 2.21.